The first-order valence-corrected chi connectivity index (χ1v) is 9.41. The number of aliphatic imine (C=N–C) groups is 2. The van der Waals surface area contributed by atoms with Crippen LogP contribution >= 0.6 is 0 Å². The van der Waals surface area contributed by atoms with Crippen molar-refractivity contribution in [3.05, 3.63) is 96.2 Å². The summed E-state index contributed by atoms with van der Waals surface area (Å²) in [5.41, 5.74) is 3.81. The summed E-state index contributed by atoms with van der Waals surface area (Å²) < 4.78 is 5.10. The zero-order chi connectivity index (χ0) is 21.1. The van der Waals surface area contributed by atoms with Crippen LogP contribution in [0.5, 0.6) is 5.75 Å². The highest BCUT2D eigenvalue weighted by atomic mass is 16.5. The number of nitrogens with zero attached hydrogens (tertiary/aromatic N) is 3. The molecule has 2 aromatic carbocycles. The molecular formula is C24H19N3O3. The Morgan fingerprint density at radius 3 is 2.63 bits per heavy atom. The van der Waals surface area contributed by atoms with Crippen LogP contribution in [-0.4, -0.2) is 28.4 Å². The van der Waals surface area contributed by atoms with Crippen LogP contribution < -0.4 is 4.74 Å². The number of amidine groups is 2. The zero-order valence-electron chi connectivity index (χ0n) is 16.4. The van der Waals surface area contributed by atoms with E-state index in [1.807, 2.05) is 59.7 Å². The summed E-state index contributed by atoms with van der Waals surface area (Å²) in [5, 5.41) is 0. The number of amides is 1. The standard InChI is InChI=1S/C24H19N3O3/c1-3-23(29)26-24-21-7-5-4-6-19(21)15-27-14-18(10-13-22(27)25-24)17-8-11-20(12-9-17)30-16(2)28/h3-14H,1,15H2,2H3. The van der Waals surface area contributed by atoms with Gasteiger partial charge in [-0.3, -0.25) is 9.59 Å². The van der Waals surface area contributed by atoms with Crippen LogP contribution in [0.3, 0.4) is 0 Å². The monoisotopic (exact) mass is 397 g/mol. The van der Waals surface area contributed by atoms with E-state index < -0.39 is 5.91 Å². The minimum Gasteiger partial charge on any atom is -0.427 e. The van der Waals surface area contributed by atoms with Gasteiger partial charge >= 0.3 is 5.97 Å². The van der Waals surface area contributed by atoms with Gasteiger partial charge in [-0.05, 0) is 47.1 Å². The molecule has 0 aromatic heterocycles. The quantitative estimate of drug-likeness (QED) is 0.447. The lowest BCUT2D eigenvalue weighted by Gasteiger charge is -2.23. The summed E-state index contributed by atoms with van der Waals surface area (Å²) in [4.78, 5) is 33.7. The van der Waals surface area contributed by atoms with Crippen molar-refractivity contribution in [3.8, 4) is 5.75 Å². The van der Waals surface area contributed by atoms with Crippen molar-refractivity contribution in [2.24, 2.45) is 9.98 Å². The minimum atomic E-state index is -0.429. The molecular weight excluding hydrogens is 378 g/mol. The van der Waals surface area contributed by atoms with Crippen molar-refractivity contribution < 1.29 is 14.3 Å². The Balaban J connectivity index is 1.70. The molecule has 0 aliphatic carbocycles. The Bertz CT molecular complexity index is 1150. The molecule has 0 spiro atoms. The molecule has 0 unspecified atom stereocenters. The zero-order valence-corrected chi connectivity index (χ0v) is 16.4. The molecule has 0 bridgehead atoms. The SMILES string of the molecule is C=CC(=O)N=C1N=C2C=CC(c3ccc(OC(C)=O)cc3)=CN2Cc2ccccc21. The van der Waals surface area contributed by atoms with Crippen molar-refractivity contribution in [1.82, 2.24) is 4.90 Å². The molecule has 0 fully saturated rings. The predicted octanol–water partition coefficient (Wildman–Crippen LogP) is 3.90. The predicted molar refractivity (Wildman–Crippen MR) is 116 cm³/mol. The average molecular weight is 397 g/mol. The van der Waals surface area contributed by atoms with Crippen molar-refractivity contribution >= 4 is 29.1 Å². The highest BCUT2D eigenvalue weighted by Crippen LogP contribution is 2.27. The fraction of sp³-hybridized carbons (Fsp3) is 0.0833. The Morgan fingerprint density at radius 1 is 1.13 bits per heavy atom. The molecule has 0 atom stereocenters. The third kappa shape index (κ3) is 4.03. The maximum atomic E-state index is 11.8. The molecule has 6 nitrogen and oxygen atoms in total. The van der Waals surface area contributed by atoms with Crippen LogP contribution in [0.4, 0.5) is 0 Å². The highest BCUT2D eigenvalue weighted by Gasteiger charge is 2.22. The molecule has 30 heavy (non-hydrogen) atoms. The molecule has 0 saturated carbocycles. The lowest BCUT2D eigenvalue weighted by molar-refractivity contribution is -0.131. The van der Waals surface area contributed by atoms with Crippen LogP contribution in [0.2, 0.25) is 0 Å². The average Bonchev–Trinajstić information content (AvgIpc) is 2.89. The number of carbonyl (C=O) groups is 2. The van der Waals surface area contributed by atoms with Gasteiger partial charge in [-0.2, -0.15) is 4.99 Å². The first-order valence-electron chi connectivity index (χ1n) is 9.41. The number of hydrogen-bond acceptors (Lipinski definition) is 4. The van der Waals surface area contributed by atoms with Gasteiger partial charge < -0.3 is 9.64 Å². The Labute approximate surface area is 174 Å². The third-order valence-electron chi connectivity index (χ3n) is 4.66. The second kappa shape index (κ2) is 8.13. The normalized spacial score (nSPS) is 16.0. The van der Waals surface area contributed by atoms with Crippen LogP contribution in [0.25, 0.3) is 5.57 Å². The van der Waals surface area contributed by atoms with Crippen molar-refractivity contribution in [2.75, 3.05) is 0 Å². The molecule has 2 aliphatic heterocycles. The Morgan fingerprint density at radius 2 is 1.90 bits per heavy atom. The van der Waals surface area contributed by atoms with E-state index in [9.17, 15) is 9.59 Å². The van der Waals surface area contributed by atoms with E-state index in [2.05, 4.69) is 16.6 Å². The number of hydrogen-bond donors (Lipinski definition) is 0. The summed E-state index contributed by atoms with van der Waals surface area (Å²) in [5.74, 6) is 0.796. The number of ether oxygens (including phenoxy) is 1. The maximum Gasteiger partial charge on any atom is 0.308 e. The Kier molecular flexibility index (Phi) is 5.22. The van der Waals surface area contributed by atoms with Gasteiger partial charge in [0.25, 0.3) is 5.91 Å². The summed E-state index contributed by atoms with van der Waals surface area (Å²) in [6, 6.07) is 15.1. The van der Waals surface area contributed by atoms with E-state index in [0.29, 0.717) is 24.0 Å². The fourth-order valence-corrected chi connectivity index (χ4v) is 3.28. The van der Waals surface area contributed by atoms with Crippen LogP contribution in [0.1, 0.15) is 23.6 Å². The van der Waals surface area contributed by atoms with Gasteiger partial charge in [0, 0.05) is 25.2 Å². The van der Waals surface area contributed by atoms with E-state index in [-0.39, 0.29) is 5.97 Å². The van der Waals surface area contributed by atoms with Crippen molar-refractivity contribution in [2.45, 2.75) is 13.5 Å². The largest absolute Gasteiger partial charge is 0.427 e. The van der Waals surface area contributed by atoms with E-state index in [1.54, 1.807) is 12.1 Å². The van der Waals surface area contributed by atoms with Gasteiger partial charge in [-0.15, -0.1) is 0 Å². The van der Waals surface area contributed by atoms with E-state index in [4.69, 9.17) is 4.74 Å². The molecule has 0 radical (unpaired) electrons. The number of esters is 1. The molecule has 0 saturated heterocycles. The lowest BCUT2D eigenvalue weighted by atomic mass is 10.0. The van der Waals surface area contributed by atoms with Crippen molar-refractivity contribution in [3.63, 3.8) is 0 Å². The maximum absolute atomic E-state index is 11.8. The number of fused-ring (bicyclic) bond motifs is 2. The summed E-state index contributed by atoms with van der Waals surface area (Å²) >= 11 is 0. The van der Waals surface area contributed by atoms with Crippen LogP contribution in [0, 0.1) is 0 Å². The van der Waals surface area contributed by atoms with E-state index >= 15 is 0 Å². The van der Waals surface area contributed by atoms with Gasteiger partial charge in [0.05, 0.1) is 0 Å². The highest BCUT2D eigenvalue weighted by molar-refractivity contribution is 6.16. The fourth-order valence-electron chi connectivity index (χ4n) is 3.28. The summed E-state index contributed by atoms with van der Waals surface area (Å²) in [7, 11) is 0. The van der Waals surface area contributed by atoms with Crippen LogP contribution in [-0.2, 0) is 16.1 Å². The lowest BCUT2D eigenvalue weighted by Crippen LogP contribution is -2.25. The molecule has 6 heteroatoms. The smallest absolute Gasteiger partial charge is 0.308 e. The second-order valence-electron chi connectivity index (χ2n) is 6.77. The molecule has 2 aliphatic rings. The Hall–Kier alpha value is -4.06. The van der Waals surface area contributed by atoms with E-state index in [1.165, 1.54) is 13.0 Å². The number of carbonyl (C=O) groups excluding carboxylic acids is 2. The second-order valence-corrected chi connectivity index (χ2v) is 6.77. The molecule has 2 heterocycles. The number of allylic oxidation sites excluding steroid dienone is 2. The van der Waals surface area contributed by atoms with Crippen LogP contribution in [0.15, 0.2) is 89.5 Å². The first kappa shape index (κ1) is 19.3. The number of benzene rings is 2. The van der Waals surface area contributed by atoms with Gasteiger partial charge in [0.15, 0.2) is 5.84 Å². The topological polar surface area (TPSA) is 71.3 Å². The molecule has 2 aromatic rings. The molecule has 4 rings (SSSR count). The minimum absolute atomic E-state index is 0.351. The van der Waals surface area contributed by atoms with E-state index in [0.717, 1.165) is 22.3 Å². The van der Waals surface area contributed by atoms with Gasteiger partial charge in [-0.1, -0.05) is 43.0 Å². The van der Waals surface area contributed by atoms with Gasteiger partial charge in [-0.25, -0.2) is 4.99 Å². The first-order chi connectivity index (χ1) is 14.5. The van der Waals surface area contributed by atoms with Gasteiger partial charge in [0.1, 0.15) is 11.6 Å². The third-order valence-corrected chi connectivity index (χ3v) is 4.66. The number of rotatable bonds is 3. The summed E-state index contributed by atoms with van der Waals surface area (Å²) in [6.45, 7) is 5.45. The molecule has 1 amide bonds. The van der Waals surface area contributed by atoms with Gasteiger partial charge in [0.2, 0.25) is 0 Å². The van der Waals surface area contributed by atoms with Crippen molar-refractivity contribution in [1.29, 1.82) is 0 Å². The molecule has 148 valence electrons. The summed E-state index contributed by atoms with van der Waals surface area (Å²) in [6.07, 6.45) is 7.04. The molecule has 0 N–H and O–H groups in total.